The number of hydrogen-bond donors (Lipinski definition) is 0. The Balaban J connectivity index is 1.87. The third kappa shape index (κ3) is 1.87. The minimum Gasteiger partial charge on any atom is -0.297 e. The number of ketones is 1. The largest absolute Gasteiger partial charge is 0.332 e. The maximum absolute atomic E-state index is 12.8. The van der Waals surface area contributed by atoms with E-state index in [9.17, 15) is 19.2 Å². The van der Waals surface area contributed by atoms with Gasteiger partial charge < -0.3 is 0 Å². The predicted molar refractivity (Wildman–Crippen MR) is 86.3 cm³/mol. The number of amides is 4. The van der Waals surface area contributed by atoms with E-state index in [1.165, 1.54) is 20.3 Å². The van der Waals surface area contributed by atoms with E-state index in [2.05, 4.69) is 18.8 Å². The first-order valence-electron chi connectivity index (χ1n) is 8.20. The van der Waals surface area contributed by atoms with Gasteiger partial charge in [0.25, 0.3) is 0 Å². The average molecular weight is 333 g/mol. The molecule has 0 aromatic rings. The number of hydrogen-bond acceptors (Lipinski definition) is 5. The van der Waals surface area contributed by atoms with E-state index in [-0.39, 0.29) is 17.1 Å². The van der Waals surface area contributed by atoms with Crippen molar-refractivity contribution in [2.75, 3.05) is 14.1 Å². The molecule has 0 aromatic carbocycles. The maximum atomic E-state index is 12.8. The molecular formula is C17H23N3O4. The molecule has 3 rings (SSSR count). The molecule has 0 aromatic heterocycles. The Morgan fingerprint density at radius 2 is 1.58 bits per heavy atom. The molecule has 7 heteroatoms. The summed E-state index contributed by atoms with van der Waals surface area (Å²) in [6, 6.07) is -1.16. The first-order valence-corrected chi connectivity index (χ1v) is 8.20. The zero-order valence-electron chi connectivity index (χ0n) is 14.7. The van der Waals surface area contributed by atoms with Gasteiger partial charge in [0.15, 0.2) is 11.7 Å². The first kappa shape index (κ1) is 16.8. The van der Waals surface area contributed by atoms with E-state index in [4.69, 9.17) is 0 Å². The molecule has 2 aliphatic carbocycles. The van der Waals surface area contributed by atoms with Gasteiger partial charge in [0.2, 0.25) is 11.8 Å². The second kappa shape index (κ2) is 4.97. The van der Waals surface area contributed by atoms with E-state index < -0.39 is 35.2 Å². The topological polar surface area (TPSA) is 87.1 Å². The molecule has 0 N–H and O–H groups in total. The van der Waals surface area contributed by atoms with Crippen LogP contribution in [-0.2, 0) is 14.4 Å². The van der Waals surface area contributed by atoms with Crippen molar-refractivity contribution in [2.24, 2.45) is 27.7 Å². The Morgan fingerprint density at radius 1 is 1.04 bits per heavy atom. The zero-order valence-corrected chi connectivity index (χ0v) is 14.7. The summed E-state index contributed by atoms with van der Waals surface area (Å²) in [5.74, 6) is -2.13. The third-order valence-electron chi connectivity index (χ3n) is 6.66. The van der Waals surface area contributed by atoms with Crippen LogP contribution in [0.3, 0.4) is 0 Å². The number of carbonyl (C=O) groups is 4. The lowest BCUT2D eigenvalue weighted by Crippen LogP contribution is -2.57. The Kier molecular flexibility index (Phi) is 3.48. The second-order valence-corrected chi connectivity index (χ2v) is 7.86. The van der Waals surface area contributed by atoms with Crippen LogP contribution in [0, 0.1) is 22.7 Å². The van der Waals surface area contributed by atoms with Crippen LogP contribution in [0.4, 0.5) is 4.79 Å². The van der Waals surface area contributed by atoms with Crippen molar-refractivity contribution in [3.63, 3.8) is 0 Å². The van der Waals surface area contributed by atoms with E-state index in [0.717, 1.165) is 22.6 Å². The zero-order chi connectivity index (χ0) is 18.0. The summed E-state index contributed by atoms with van der Waals surface area (Å²) in [6.45, 7) is 6.17. The lowest BCUT2D eigenvalue weighted by Gasteiger charge is -2.31. The molecule has 24 heavy (non-hydrogen) atoms. The summed E-state index contributed by atoms with van der Waals surface area (Å²) >= 11 is 0. The van der Waals surface area contributed by atoms with Crippen LogP contribution in [0.5, 0.6) is 0 Å². The summed E-state index contributed by atoms with van der Waals surface area (Å²) in [6.07, 6.45) is 3.05. The Bertz CT molecular complexity index is 659. The molecule has 0 spiro atoms. The van der Waals surface area contributed by atoms with E-state index in [1.54, 1.807) is 0 Å². The van der Waals surface area contributed by atoms with Crippen LogP contribution < -0.4 is 0 Å². The number of urea groups is 1. The molecule has 4 amide bonds. The van der Waals surface area contributed by atoms with Gasteiger partial charge in [-0.2, -0.15) is 0 Å². The van der Waals surface area contributed by atoms with Gasteiger partial charge in [-0.15, -0.1) is 0 Å². The number of rotatable bonds is 2. The molecule has 3 atom stereocenters. The number of imide groups is 2. The molecule has 130 valence electrons. The molecule has 1 aliphatic heterocycles. The standard InChI is InChI=1S/C17H23N3O4/c1-16(2)10-6-7-17(16,3)12(21)11(10)18-8-9-13(22)19(4)15(24)20(5)14(9)23/h8-11H,6-7H2,1-5H3/t10-,11-,17-/m0/s1. The average Bonchev–Trinajstić information content (AvgIpc) is 2.84. The highest BCUT2D eigenvalue weighted by molar-refractivity contribution is 6.23. The molecule has 1 saturated heterocycles. The number of carbonyl (C=O) groups excluding carboxylic acids is 4. The maximum Gasteiger partial charge on any atom is 0.332 e. The van der Waals surface area contributed by atoms with Crippen LogP contribution in [0.15, 0.2) is 4.99 Å². The summed E-state index contributed by atoms with van der Waals surface area (Å²) in [4.78, 5) is 55.1. The number of fused-ring (bicyclic) bond motifs is 2. The Morgan fingerprint density at radius 3 is 2.04 bits per heavy atom. The van der Waals surface area contributed by atoms with Crippen molar-refractivity contribution in [2.45, 2.75) is 39.7 Å². The van der Waals surface area contributed by atoms with Crippen LogP contribution >= 0.6 is 0 Å². The summed E-state index contributed by atoms with van der Waals surface area (Å²) < 4.78 is 0. The minimum atomic E-state index is -1.14. The van der Waals surface area contributed by atoms with Crippen molar-refractivity contribution < 1.29 is 19.2 Å². The molecular weight excluding hydrogens is 310 g/mol. The van der Waals surface area contributed by atoms with Gasteiger partial charge in [-0.25, -0.2) is 4.79 Å². The summed E-state index contributed by atoms with van der Waals surface area (Å²) in [7, 11) is 2.67. The highest BCUT2D eigenvalue weighted by atomic mass is 16.2. The van der Waals surface area contributed by atoms with Gasteiger partial charge in [0.05, 0.1) is 0 Å². The highest BCUT2D eigenvalue weighted by Gasteiger charge is 2.66. The van der Waals surface area contributed by atoms with Crippen molar-refractivity contribution in [3.05, 3.63) is 0 Å². The van der Waals surface area contributed by atoms with E-state index in [1.807, 2.05) is 6.92 Å². The Labute approximate surface area is 141 Å². The molecule has 7 nitrogen and oxygen atoms in total. The number of nitrogens with zero attached hydrogens (tertiary/aromatic N) is 3. The summed E-state index contributed by atoms with van der Waals surface area (Å²) in [5, 5.41) is 0. The number of Topliss-reactive ketones (excluding diaryl/α,β-unsaturated/α-hetero) is 1. The lowest BCUT2D eigenvalue weighted by molar-refractivity contribution is -0.144. The van der Waals surface area contributed by atoms with Gasteiger partial charge in [-0.05, 0) is 24.2 Å². The first-order chi connectivity index (χ1) is 11.0. The highest BCUT2D eigenvalue weighted by Crippen LogP contribution is 2.64. The van der Waals surface area contributed by atoms with Gasteiger partial charge >= 0.3 is 6.03 Å². The van der Waals surface area contributed by atoms with Crippen molar-refractivity contribution in [1.29, 1.82) is 0 Å². The minimum absolute atomic E-state index is 0.0912. The van der Waals surface area contributed by atoms with Crippen LogP contribution in [0.1, 0.15) is 33.6 Å². The quantitative estimate of drug-likeness (QED) is 0.559. The predicted octanol–water partition coefficient (Wildman–Crippen LogP) is 1.12. The van der Waals surface area contributed by atoms with Gasteiger partial charge in [-0.1, -0.05) is 20.8 Å². The lowest BCUT2D eigenvalue weighted by atomic mass is 9.70. The second-order valence-electron chi connectivity index (χ2n) is 7.86. The fourth-order valence-electron chi connectivity index (χ4n) is 4.45. The normalized spacial score (nSPS) is 36.5. The molecule has 2 bridgehead atoms. The fraction of sp³-hybridized carbons (Fsp3) is 0.706. The SMILES string of the molecule is CN1C(=O)C(C=N[C@@H]2C(=O)[C@]3(C)CC[C@@H]2C3(C)C)C(=O)N(C)C1=O. The van der Waals surface area contributed by atoms with Crippen molar-refractivity contribution in [1.82, 2.24) is 9.80 Å². The van der Waals surface area contributed by atoms with E-state index >= 15 is 0 Å². The number of barbiturate groups is 1. The third-order valence-corrected chi connectivity index (χ3v) is 6.66. The van der Waals surface area contributed by atoms with E-state index in [0.29, 0.717) is 0 Å². The van der Waals surface area contributed by atoms with Gasteiger partial charge in [0.1, 0.15) is 6.04 Å². The molecule has 0 radical (unpaired) electrons. The van der Waals surface area contributed by atoms with Crippen LogP contribution in [0.25, 0.3) is 0 Å². The van der Waals surface area contributed by atoms with Crippen LogP contribution in [0.2, 0.25) is 0 Å². The molecule has 0 unspecified atom stereocenters. The van der Waals surface area contributed by atoms with Gasteiger partial charge in [-0.3, -0.25) is 29.2 Å². The van der Waals surface area contributed by atoms with Crippen LogP contribution in [-0.4, -0.2) is 59.8 Å². The van der Waals surface area contributed by atoms with Crippen molar-refractivity contribution in [3.8, 4) is 0 Å². The smallest absolute Gasteiger partial charge is 0.297 e. The number of aliphatic imine (C=N–C) groups is 1. The summed E-state index contributed by atoms with van der Waals surface area (Å²) in [5.41, 5.74) is -0.542. The Hall–Kier alpha value is -2.05. The molecule has 3 fully saturated rings. The monoisotopic (exact) mass is 333 g/mol. The van der Waals surface area contributed by atoms with Crippen molar-refractivity contribution >= 4 is 29.8 Å². The molecule has 2 saturated carbocycles. The molecule has 3 aliphatic rings. The molecule has 1 heterocycles. The van der Waals surface area contributed by atoms with Gasteiger partial charge in [0, 0.05) is 25.7 Å². The fourth-order valence-corrected chi connectivity index (χ4v) is 4.45.